The van der Waals surface area contributed by atoms with Crippen LogP contribution in [0.3, 0.4) is 0 Å². The molecule has 0 atom stereocenters. The highest BCUT2D eigenvalue weighted by Gasteiger charge is 2.35. The van der Waals surface area contributed by atoms with Crippen LogP contribution in [0.4, 0.5) is 0 Å². The zero-order chi connectivity index (χ0) is 17.4. The van der Waals surface area contributed by atoms with Crippen molar-refractivity contribution in [2.75, 3.05) is 13.7 Å². The number of carbonyl (C=O) groups is 2. The Morgan fingerprint density at radius 3 is 2.08 bits per heavy atom. The topological polar surface area (TPSA) is 40.6 Å². The first-order valence-electron chi connectivity index (χ1n) is 8.25. The molecule has 0 spiro atoms. The molecule has 0 saturated heterocycles. The summed E-state index contributed by atoms with van der Waals surface area (Å²) >= 11 is 0. The van der Waals surface area contributed by atoms with Crippen LogP contribution in [-0.2, 0) is 6.54 Å². The van der Waals surface area contributed by atoms with Crippen LogP contribution in [0.5, 0.6) is 0 Å². The van der Waals surface area contributed by atoms with Gasteiger partial charge in [0.1, 0.15) is 0 Å². The standard InChI is InChI=1S/C21H18N2O2/c1-22(13-15-10-11-16-6-2-3-7-17(16)12-15)14-23-20(24)18-8-4-5-9-19(18)21(23)25/h2-12H,13-14H2,1H3. The summed E-state index contributed by atoms with van der Waals surface area (Å²) in [6.07, 6.45) is 0. The summed E-state index contributed by atoms with van der Waals surface area (Å²) in [7, 11) is 1.92. The Labute approximate surface area is 146 Å². The number of amides is 2. The van der Waals surface area contributed by atoms with Gasteiger partial charge >= 0.3 is 0 Å². The molecular weight excluding hydrogens is 312 g/mol. The second kappa shape index (κ2) is 6.15. The summed E-state index contributed by atoms with van der Waals surface area (Å²) < 4.78 is 0. The second-order valence-corrected chi connectivity index (χ2v) is 6.42. The SMILES string of the molecule is CN(Cc1ccc2ccccc2c1)CN1C(=O)c2ccccc2C1=O. The van der Waals surface area contributed by atoms with E-state index >= 15 is 0 Å². The average Bonchev–Trinajstić information content (AvgIpc) is 2.87. The van der Waals surface area contributed by atoms with Gasteiger partial charge < -0.3 is 0 Å². The quantitative estimate of drug-likeness (QED) is 0.687. The van der Waals surface area contributed by atoms with E-state index in [0.717, 1.165) is 5.56 Å². The van der Waals surface area contributed by atoms with Gasteiger partial charge in [0.05, 0.1) is 17.8 Å². The van der Waals surface area contributed by atoms with Gasteiger partial charge in [0.2, 0.25) is 0 Å². The maximum absolute atomic E-state index is 12.4. The van der Waals surface area contributed by atoms with Crippen molar-refractivity contribution in [3.63, 3.8) is 0 Å². The van der Waals surface area contributed by atoms with Gasteiger partial charge in [-0.05, 0) is 41.6 Å². The fourth-order valence-electron chi connectivity index (χ4n) is 3.31. The van der Waals surface area contributed by atoms with Gasteiger partial charge in [0, 0.05) is 6.54 Å². The van der Waals surface area contributed by atoms with Crippen molar-refractivity contribution in [3.8, 4) is 0 Å². The number of hydrogen-bond acceptors (Lipinski definition) is 3. The summed E-state index contributed by atoms with van der Waals surface area (Å²) in [6.45, 7) is 0.942. The molecule has 0 bridgehead atoms. The fraction of sp³-hybridized carbons (Fsp3) is 0.143. The summed E-state index contributed by atoms with van der Waals surface area (Å²) in [5.74, 6) is -0.433. The minimum absolute atomic E-state index is 0.217. The number of hydrogen-bond donors (Lipinski definition) is 0. The predicted molar refractivity (Wildman–Crippen MR) is 97.2 cm³/mol. The highest BCUT2D eigenvalue weighted by Crippen LogP contribution is 2.23. The third-order valence-corrected chi connectivity index (χ3v) is 4.53. The number of imide groups is 1. The van der Waals surface area contributed by atoms with E-state index in [1.165, 1.54) is 15.7 Å². The van der Waals surface area contributed by atoms with Crippen molar-refractivity contribution in [2.24, 2.45) is 0 Å². The predicted octanol–water partition coefficient (Wildman–Crippen LogP) is 3.53. The highest BCUT2D eigenvalue weighted by molar-refractivity contribution is 6.21. The van der Waals surface area contributed by atoms with Crippen molar-refractivity contribution < 1.29 is 9.59 Å². The van der Waals surface area contributed by atoms with Gasteiger partial charge in [0.25, 0.3) is 11.8 Å². The number of benzene rings is 3. The lowest BCUT2D eigenvalue weighted by Gasteiger charge is -2.23. The molecule has 1 aliphatic rings. The van der Waals surface area contributed by atoms with E-state index in [1.54, 1.807) is 24.3 Å². The third kappa shape index (κ3) is 2.81. The van der Waals surface area contributed by atoms with Crippen molar-refractivity contribution in [3.05, 3.63) is 83.4 Å². The number of nitrogens with zero attached hydrogens (tertiary/aromatic N) is 2. The lowest BCUT2D eigenvalue weighted by atomic mass is 10.1. The van der Waals surface area contributed by atoms with Crippen LogP contribution in [0, 0.1) is 0 Å². The highest BCUT2D eigenvalue weighted by atomic mass is 16.2. The first-order chi connectivity index (χ1) is 12.1. The molecule has 2 amide bonds. The Balaban J connectivity index is 1.49. The molecule has 0 fully saturated rings. The van der Waals surface area contributed by atoms with Crippen LogP contribution in [0.15, 0.2) is 66.7 Å². The minimum atomic E-state index is -0.217. The van der Waals surface area contributed by atoms with Gasteiger partial charge in [-0.1, -0.05) is 48.5 Å². The zero-order valence-corrected chi connectivity index (χ0v) is 14.0. The van der Waals surface area contributed by atoms with Crippen molar-refractivity contribution >= 4 is 22.6 Å². The van der Waals surface area contributed by atoms with E-state index in [9.17, 15) is 9.59 Å². The summed E-state index contributed by atoms with van der Waals surface area (Å²) in [4.78, 5) is 28.2. The molecule has 1 aliphatic heterocycles. The van der Waals surface area contributed by atoms with Crippen molar-refractivity contribution in [1.29, 1.82) is 0 Å². The molecule has 25 heavy (non-hydrogen) atoms. The summed E-state index contributed by atoms with van der Waals surface area (Å²) in [5, 5.41) is 2.39. The average molecular weight is 330 g/mol. The van der Waals surface area contributed by atoms with E-state index < -0.39 is 0 Å². The fourth-order valence-corrected chi connectivity index (χ4v) is 3.31. The number of fused-ring (bicyclic) bond motifs is 2. The molecular formula is C21H18N2O2. The van der Waals surface area contributed by atoms with Crippen LogP contribution >= 0.6 is 0 Å². The van der Waals surface area contributed by atoms with Crippen LogP contribution in [0.25, 0.3) is 10.8 Å². The molecule has 3 aromatic rings. The van der Waals surface area contributed by atoms with Gasteiger partial charge in [0.15, 0.2) is 0 Å². The Morgan fingerprint density at radius 1 is 0.800 bits per heavy atom. The van der Waals surface area contributed by atoms with Gasteiger partial charge in [-0.25, -0.2) is 0 Å². The Morgan fingerprint density at radius 2 is 1.40 bits per heavy atom. The number of rotatable bonds is 4. The largest absolute Gasteiger partial charge is 0.284 e. The first kappa shape index (κ1) is 15.5. The molecule has 0 N–H and O–H groups in total. The molecule has 1 heterocycles. The maximum atomic E-state index is 12.4. The Hall–Kier alpha value is -2.98. The Bertz CT molecular complexity index is 945. The first-order valence-corrected chi connectivity index (χ1v) is 8.25. The van der Waals surface area contributed by atoms with Gasteiger partial charge in [-0.15, -0.1) is 0 Å². The molecule has 0 aromatic heterocycles. The molecule has 4 nitrogen and oxygen atoms in total. The molecule has 4 heteroatoms. The molecule has 4 rings (SSSR count). The molecule has 0 unspecified atom stereocenters. The lowest BCUT2D eigenvalue weighted by Crippen LogP contribution is -2.39. The second-order valence-electron chi connectivity index (χ2n) is 6.42. The minimum Gasteiger partial charge on any atom is -0.284 e. The molecule has 124 valence electrons. The van der Waals surface area contributed by atoms with Crippen LogP contribution in [0.1, 0.15) is 26.3 Å². The van der Waals surface area contributed by atoms with E-state index in [2.05, 4.69) is 30.3 Å². The van der Waals surface area contributed by atoms with Crippen LogP contribution in [0.2, 0.25) is 0 Å². The molecule has 0 saturated carbocycles. The van der Waals surface area contributed by atoms with Crippen molar-refractivity contribution in [1.82, 2.24) is 9.80 Å². The summed E-state index contributed by atoms with van der Waals surface area (Å²) in [5.41, 5.74) is 2.14. The van der Waals surface area contributed by atoms with Crippen LogP contribution < -0.4 is 0 Å². The van der Waals surface area contributed by atoms with Gasteiger partial charge in [-0.2, -0.15) is 0 Å². The normalized spacial score (nSPS) is 13.8. The van der Waals surface area contributed by atoms with Gasteiger partial charge in [-0.3, -0.25) is 19.4 Å². The molecule has 3 aromatic carbocycles. The van der Waals surface area contributed by atoms with E-state index in [1.807, 2.05) is 24.1 Å². The van der Waals surface area contributed by atoms with E-state index in [0.29, 0.717) is 17.7 Å². The molecule has 0 aliphatic carbocycles. The monoisotopic (exact) mass is 330 g/mol. The molecule has 0 radical (unpaired) electrons. The third-order valence-electron chi connectivity index (χ3n) is 4.53. The Kier molecular flexibility index (Phi) is 3.82. The lowest BCUT2D eigenvalue weighted by molar-refractivity contribution is 0.0559. The van der Waals surface area contributed by atoms with E-state index in [-0.39, 0.29) is 18.5 Å². The van der Waals surface area contributed by atoms with Crippen molar-refractivity contribution in [2.45, 2.75) is 6.54 Å². The summed E-state index contributed by atoms with van der Waals surface area (Å²) in [6, 6.07) is 21.5. The zero-order valence-electron chi connectivity index (χ0n) is 14.0. The van der Waals surface area contributed by atoms with E-state index in [4.69, 9.17) is 0 Å². The number of carbonyl (C=O) groups excluding carboxylic acids is 2. The van der Waals surface area contributed by atoms with Crippen LogP contribution in [-0.4, -0.2) is 35.3 Å². The smallest absolute Gasteiger partial charge is 0.262 e. The maximum Gasteiger partial charge on any atom is 0.262 e.